The van der Waals surface area contributed by atoms with Crippen LogP contribution in [0.4, 0.5) is 0 Å². The standard InChI is InChI=1S/C9H10N4O2/c1-5-8(7(4-14)11-13-10)9(12-15-5)6-2-3-6/h4,6-7H,2-3H2,1H3/t7-/m1/s1. The summed E-state index contributed by atoms with van der Waals surface area (Å²) in [5.74, 6) is 0.926. The molecule has 78 valence electrons. The van der Waals surface area contributed by atoms with Gasteiger partial charge in [0.25, 0.3) is 0 Å². The van der Waals surface area contributed by atoms with Crippen molar-refractivity contribution in [2.75, 3.05) is 0 Å². The third-order valence-electron chi connectivity index (χ3n) is 2.50. The van der Waals surface area contributed by atoms with Gasteiger partial charge in [0, 0.05) is 16.4 Å². The minimum absolute atomic E-state index is 0.369. The predicted molar refractivity (Wildman–Crippen MR) is 51.2 cm³/mol. The van der Waals surface area contributed by atoms with Crippen molar-refractivity contribution < 1.29 is 9.32 Å². The molecule has 0 radical (unpaired) electrons. The SMILES string of the molecule is Cc1onc(C2CC2)c1[C@@H](C=O)N=[N+]=[N-]. The fraction of sp³-hybridized carbons (Fsp3) is 0.556. The molecule has 6 nitrogen and oxygen atoms in total. The van der Waals surface area contributed by atoms with Crippen molar-refractivity contribution >= 4 is 6.29 Å². The van der Waals surface area contributed by atoms with Gasteiger partial charge in [0.1, 0.15) is 18.1 Å². The Hall–Kier alpha value is -1.81. The highest BCUT2D eigenvalue weighted by Crippen LogP contribution is 2.43. The number of hydrogen-bond acceptors (Lipinski definition) is 4. The highest BCUT2D eigenvalue weighted by atomic mass is 16.5. The van der Waals surface area contributed by atoms with Gasteiger partial charge in [-0.2, -0.15) is 0 Å². The van der Waals surface area contributed by atoms with Crippen LogP contribution in [0.5, 0.6) is 0 Å². The van der Waals surface area contributed by atoms with E-state index in [1.807, 2.05) is 0 Å². The van der Waals surface area contributed by atoms with Crippen molar-refractivity contribution in [1.82, 2.24) is 5.16 Å². The van der Waals surface area contributed by atoms with Crippen LogP contribution in [0.1, 0.15) is 41.8 Å². The van der Waals surface area contributed by atoms with Crippen molar-refractivity contribution in [3.8, 4) is 0 Å². The molecule has 1 fully saturated rings. The molecule has 1 aromatic rings. The fourth-order valence-corrected chi connectivity index (χ4v) is 1.62. The van der Waals surface area contributed by atoms with E-state index in [4.69, 9.17) is 10.1 Å². The van der Waals surface area contributed by atoms with E-state index in [0.717, 1.165) is 18.5 Å². The van der Waals surface area contributed by atoms with Gasteiger partial charge in [0.15, 0.2) is 0 Å². The molecule has 0 N–H and O–H groups in total. The van der Waals surface area contributed by atoms with E-state index in [0.29, 0.717) is 23.5 Å². The van der Waals surface area contributed by atoms with Crippen LogP contribution in [0.15, 0.2) is 9.64 Å². The summed E-state index contributed by atoms with van der Waals surface area (Å²) in [4.78, 5) is 13.5. The minimum Gasteiger partial charge on any atom is -0.361 e. The van der Waals surface area contributed by atoms with Crippen LogP contribution in [0.2, 0.25) is 0 Å². The van der Waals surface area contributed by atoms with Crippen molar-refractivity contribution in [3.05, 3.63) is 27.5 Å². The zero-order chi connectivity index (χ0) is 10.8. The van der Waals surface area contributed by atoms with Crippen LogP contribution >= 0.6 is 0 Å². The van der Waals surface area contributed by atoms with Gasteiger partial charge in [-0.3, -0.25) is 0 Å². The summed E-state index contributed by atoms with van der Waals surface area (Å²) in [5.41, 5.74) is 9.77. The van der Waals surface area contributed by atoms with Gasteiger partial charge in [-0.25, -0.2) is 0 Å². The van der Waals surface area contributed by atoms with Gasteiger partial charge >= 0.3 is 0 Å². The number of nitrogens with zero attached hydrogens (tertiary/aromatic N) is 4. The highest BCUT2D eigenvalue weighted by Gasteiger charge is 2.33. The van der Waals surface area contributed by atoms with Crippen molar-refractivity contribution in [3.63, 3.8) is 0 Å². The number of aromatic nitrogens is 1. The first-order chi connectivity index (χ1) is 7.27. The van der Waals surface area contributed by atoms with E-state index in [2.05, 4.69) is 15.2 Å². The molecule has 1 heterocycles. The molecule has 6 heteroatoms. The molecule has 1 aliphatic rings. The average Bonchev–Trinajstić information content (AvgIpc) is 3.00. The molecule has 0 amide bonds. The smallest absolute Gasteiger partial charge is 0.137 e. The third-order valence-corrected chi connectivity index (χ3v) is 2.50. The quantitative estimate of drug-likeness (QED) is 0.327. The molecule has 2 rings (SSSR count). The van der Waals surface area contributed by atoms with Gasteiger partial charge < -0.3 is 9.32 Å². The number of hydrogen-bond donors (Lipinski definition) is 0. The average molecular weight is 206 g/mol. The maximum absolute atomic E-state index is 10.8. The number of aldehydes is 1. The first-order valence-corrected chi connectivity index (χ1v) is 4.73. The number of rotatable bonds is 4. The molecule has 0 aromatic carbocycles. The number of carbonyl (C=O) groups excluding carboxylic acids is 1. The fourth-order valence-electron chi connectivity index (χ4n) is 1.62. The zero-order valence-electron chi connectivity index (χ0n) is 8.25. The van der Waals surface area contributed by atoms with E-state index in [1.165, 1.54) is 0 Å². The van der Waals surface area contributed by atoms with Gasteiger partial charge in [-0.05, 0) is 25.3 Å². The molecule has 0 bridgehead atoms. The van der Waals surface area contributed by atoms with Crippen molar-refractivity contribution in [2.24, 2.45) is 5.11 Å². The van der Waals surface area contributed by atoms with E-state index in [9.17, 15) is 4.79 Å². The number of carbonyl (C=O) groups is 1. The largest absolute Gasteiger partial charge is 0.361 e. The van der Waals surface area contributed by atoms with Crippen LogP contribution in [0.3, 0.4) is 0 Å². The maximum Gasteiger partial charge on any atom is 0.137 e. The zero-order valence-corrected chi connectivity index (χ0v) is 8.25. The lowest BCUT2D eigenvalue weighted by Crippen LogP contribution is -2.00. The van der Waals surface area contributed by atoms with Crippen LogP contribution in [-0.2, 0) is 4.79 Å². The second-order valence-electron chi connectivity index (χ2n) is 3.60. The summed E-state index contributed by atoms with van der Waals surface area (Å²) in [7, 11) is 0. The van der Waals surface area contributed by atoms with Gasteiger partial charge in [0.2, 0.25) is 0 Å². The second-order valence-corrected chi connectivity index (χ2v) is 3.60. The normalized spacial score (nSPS) is 16.9. The van der Waals surface area contributed by atoms with E-state index in [1.54, 1.807) is 6.92 Å². The first kappa shape index (κ1) is 9.73. The third kappa shape index (κ3) is 1.71. The molecular weight excluding hydrogens is 196 g/mol. The van der Waals surface area contributed by atoms with Crippen LogP contribution in [-0.4, -0.2) is 11.4 Å². The van der Waals surface area contributed by atoms with Crippen molar-refractivity contribution in [2.45, 2.75) is 31.7 Å². The Morgan fingerprint density at radius 3 is 3.00 bits per heavy atom. The molecular formula is C9H10N4O2. The topological polar surface area (TPSA) is 91.9 Å². The molecule has 0 saturated heterocycles. The van der Waals surface area contributed by atoms with Crippen LogP contribution in [0.25, 0.3) is 10.4 Å². The molecule has 15 heavy (non-hydrogen) atoms. The van der Waals surface area contributed by atoms with E-state index in [-0.39, 0.29) is 0 Å². The molecule has 1 aromatic heterocycles. The van der Waals surface area contributed by atoms with E-state index < -0.39 is 6.04 Å². The van der Waals surface area contributed by atoms with Crippen molar-refractivity contribution in [1.29, 1.82) is 0 Å². The molecule has 1 aliphatic carbocycles. The van der Waals surface area contributed by atoms with Gasteiger partial charge in [0.05, 0.1) is 5.69 Å². The lowest BCUT2D eigenvalue weighted by Gasteiger charge is -2.02. The lowest BCUT2D eigenvalue weighted by atomic mass is 10.0. The number of aryl methyl sites for hydroxylation is 1. The summed E-state index contributed by atoms with van der Waals surface area (Å²) in [5, 5.41) is 7.34. The summed E-state index contributed by atoms with van der Waals surface area (Å²) >= 11 is 0. The molecule has 0 aliphatic heterocycles. The summed E-state index contributed by atoms with van der Waals surface area (Å²) in [6.45, 7) is 1.72. The Kier molecular flexibility index (Phi) is 2.43. The van der Waals surface area contributed by atoms with Gasteiger partial charge in [-0.15, -0.1) is 0 Å². The lowest BCUT2D eigenvalue weighted by molar-refractivity contribution is -0.109. The summed E-state index contributed by atoms with van der Waals surface area (Å²) in [6.07, 6.45) is 2.73. The monoisotopic (exact) mass is 206 g/mol. The summed E-state index contributed by atoms with van der Waals surface area (Å²) < 4.78 is 5.03. The Morgan fingerprint density at radius 2 is 2.47 bits per heavy atom. The van der Waals surface area contributed by atoms with Crippen LogP contribution < -0.4 is 0 Å². The first-order valence-electron chi connectivity index (χ1n) is 4.73. The Bertz CT molecular complexity index is 429. The summed E-state index contributed by atoms with van der Waals surface area (Å²) in [6, 6.07) is -0.808. The molecule has 1 atom stereocenters. The van der Waals surface area contributed by atoms with E-state index >= 15 is 0 Å². The minimum atomic E-state index is -0.808. The van der Waals surface area contributed by atoms with Gasteiger partial charge in [-0.1, -0.05) is 10.3 Å². The molecule has 0 spiro atoms. The maximum atomic E-state index is 10.8. The number of azide groups is 1. The Morgan fingerprint density at radius 1 is 1.73 bits per heavy atom. The molecule has 0 unspecified atom stereocenters. The Balaban J connectivity index is 2.42. The Labute approximate surface area is 85.9 Å². The predicted octanol–water partition coefficient (Wildman–Crippen LogP) is 2.41. The highest BCUT2D eigenvalue weighted by molar-refractivity contribution is 5.63. The van der Waals surface area contributed by atoms with Crippen LogP contribution in [0, 0.1) is 6.92 Å². The second kappa shape index (κ2) is 3.74. The molecule has 1 saturated carbocycles.